The van der Waals surface area contributed by atoms with Gasteiger partial charge in [-0.2, -0.15) is 0 Å². The molecule has 0 aliphatic rings. The molecule has 2 aromatic carbocycles. The predicted molar refractivity (Wildman–Crippen MR) is 108 cm³/mol. The molecule has 0 heterocycles. The van der Waals surface area contributed by atoms with Crippen molar-refractivity contribution in [2.75, 3.05) is 13.2 Å². The van der Waals surface area contributed by atoms with E-state index in [0.29, 0.717) is 26.1 Å². The summed E-state index contributed by atoms with van der Waals surface area (Å²) < 4.78 is 5.47. The average Bonchev–Trinajstić information content (AvgIpc) is 2.67. The van der Waals surface area contributed by atoms with Gasteiger partial charge < -0.3 is 14.9 Å². The zero-order chi connectivity index (χ0) is 19.5. The quantitative estimate of drug-likeness (QED) is 0.606. The zero-order valence-electron chi connectivity index (χ0n) is 15.9. The summed E-state index contributed by atoms with van der Waals surface area (Å²) in [4.78, 5) is 0. The first-order chi connectivity index (χ1) is 13.1. The summed E-state index contributed by atoms with van der Waals surface area (Å²) in [6, 6.07) is 15.4. The molecule has 0 spiro atoms. The second-order valence-corrected chi connectivity index (χ2v) is 6.38. The Morgan fingerprint density at radius 2 is 1.07 bits per heavy atom. The van der Waals surface area contributed by atoms with E-state index in [-0.39, 0.29) is 0 Å². The third-order valence-corrected chi connectivity index (χ3v) is 4.01. The smallest absolute Gasteiger partial charge is 0.140 e. The Hall–Kier alpha value is -2.56. The number of aliphatic hydroxyl groups excluding tert-OH is 2. The van der Waals surface area contributed by atoms with Crippen LogP contribution in [0.1, 0.15) is 47.3 Å². The van der Waals surface area contributed by atoms with Crippen molar-refractivity contribution in [2.24, 2.45) is 0 Å². The number of hydrogen-bond donors (Lipinski definition) is 2. The predicted octanol–water partition coefficient (Wildman–Crippen LogP) is 3.87. The lowest BCUT2D eigenvalue weighted by Gasteiger charge is -2.04. The monoisotopic (exact) mass is 362 g/mol. The Bertz CT molecular complexity index is 743. The minimum absolute atomic E-state index is 0.496. The molecule has 2 atom stereocenters. The van der Waals surface area contributed by atoms with Crippen molar-refractivity contribution in [3.05, 3.63) is 70.8 Å². The SMILES string of the molecule is Cc1ccc([C@@H](O)C#CCCOCCC#C[C@H](O)c2ccc(C)cc2)cc1. The Balaban J connectivity index is 1.61. The van der Waals surface area contributed by atoms with Gasteiger partial charge in [0.15, 0.2) is 0 Å². The molecule has 3 heteroatoms. The lowest BCUT2D eigenvalue weighted by atomic mass is 10.1. The molecule has 0 bridgehead atoms. The van der Waals surface area contributed by atoms with Gasteiger partial charge in [-0.15, -0.1) is 0 Å². The van der Waals surface area contributed by atoms with Crippen LogP contribution in [0.25, 0.3) is 0 Å². The Kier molecular flexibility index (Phi) is 8.62. The Morgan fingerprint density at radius 3 is 1.44 bits per heavy atom. The van der Waals surface area contributed by atoms with E-state index in [1.807, 2.05) is 62.4 Å². The molecular formula is C24H26O3. The van der Waals surface area contributed by atoms with E-state index in [9.17, 15) is 10.2 Å². The first-order valence-corrected chi connectivity index (χ1v) is 9.10. The van der Waals surface area contributed by atoms with E-state index < -0.39 is 12.2 Å². The van der Waals surface area contributed by atoms with Gasteiger partial charge in [0.25, 0.3) is 0 Å². The maximum absolute atomic E-state index is 9.99. The standard InChI is InChI=1S/C24H26O3/c1-19-9-13-21(14-10-19)23(25)7-3-5-17-27-18-6-4-8-24(26)22-15-11-20(2)12-16-22/h9-16,23-26H,5-6,17-18H2,1-2H3/t23-,24-/m0/s1. The van der Waals surface area contributed by atoms with Gasteiger partial charge in [-0.25, -0.2) is 0 Å². The summed E-state index contributed by atoms with van der Waals surface area (Å²) in [6.45, 7) is 5.01. The topological polar surface area (TPSA) is 49.7 Å². The second-order valence-electron chi connectivity index (χ2n) is 6.38. The van der Waals surface area contributed by atoms with Gasteiger partial charge in [-0.3, -0.25) is 0 Å². The molecule has 0 amide bonds. The van der Waals surface area contributed by atoms with Crippen LogP contribution in [0.15, 0.2) is 48.5 Å². The van der Waals surface area contributed by atoms with Gasteiger partial charge in [-0.05, 0) is 25.0 Å². The van der Waals surface area contributed by atoms with Crippen LogP contribution in [-0.2, 0) is 4.74 Å². The van der Waals surface area contributed by atoms with Gasteiger partial charge in [0, 0.05) is 12.8 Å². The molecule has 0 unspecified atom stereocenters. The highest BCUT2D eigenvalue weighted by molar-refractivity contribution is 5.29. The van der Waals surface area contributed by atoms with Gasteiger partial charge >= 0.3 is 0 Å². The van der Waals surface area contributed by atoms with Crippen molar-refractivity contribution < 1.29 is 14.9 Å². The third-order valence-electron chi connectivity index (χ3n) is 4.01. The van der Waals surface area contributed by atoms with Crippen LogP contribution in [0, 0.1) is 37.5 Å². The van der Waals surface area contributed by atoms with E-state index in [0.717, 1.165) is 22.3 Å². The molecule has 0 saturated heterocycles. The molecule has 0 aliphatic heterocycles. The Morgan fingerprint density at radius 1 is 0.704 bits per heavy atom. The lowest BCUT2D eigenvalue weighted by molar-refractivity contribution is 0.145. The average molecular weight is 362 g/mol. The van der Waals surface area contributed by atoms with Crippen LogP contribution in [0.2, 0.25) is 0 Å². The van der Waals surface area contributed by atoms with Crippen molar-refractivity contribution in [3.8, 4) is 23.7 Å². The van der Waals surface area contributed by atoms with E-state index >= 15 is 0 Å². The van der Waals surface area contributed by atoms with Crippen LogP contribution in [0.3, 0.4) is 0 Å². The molecule has 0 saturated carbocycles. The maximum Gasteiger partial charge on any atom is 0.140 e. The van der Waals surface area contributed by atoms with E-state index in [1.54, 1.807) is 0 Å². The molecule has 0 aliphatic carbocycles. The normalized spacial score (nSPS) is 12.3. The second kappa shape index (κ2) is 11.2. The van der Waals surface area contributed by atoms with Crippen molar-refractivity contribution in [1.82, 2.24) is 0 Å². The van der Waals surface area contributed by atoms with Gasteiger partial charge in [0.1, 0.15) is 12.2 Å². The summed E-state index contributed by atoms with van der Waals surface area (Å²) >= 11 is 0. The van der Waals surface area contributed by atoms with Crippen molar-refractivity contribution in [1.29, 1.82) is 0 Å². The fraction of sp³-hybridized carbons (Fsp3) is 0.333. The third kappa shape index (κ3) is 7.69. The van der Waals surface area contributed by atoms with Crippen LogP contribution in [-0.4, -0.2) is 23.4 Å². The molecule has 2 rings (SSSR count). The van der Waals surface area contributed by atoms with Gasteiger partial charge in [0.05, 0.1) is 13.2 Å². The first kappa shape index (κ1) is 20.7. The molecule has 0 aromatic heterocycles. The minimum Gasteiger partial charge on any atom is -0.379 e. The number of aliphatic hydroxyl groups is 2. The highest BCUT2D eigenvalue weighted by atomic mass is 16.5. The summed E-state index contributed by atoms with van der Waals surface area (Å²) in [7, 11) is 0. The minimum atomic E-state index is -0.764. The van der Waals surface area contributed by atoms with E-state index in [4.69, 9.17) is 4.74 Å². The largest absolute Gasteiger partial charge is 0.379 e. The molecular weight excluding hydrogens is 336 g/mol. The zero-order valence-corrected chi connectivity index (χ0v) is 15.9. The number of hydrogen-bond acceptors (Lipinski definition) is 3. The lowest BCUT2D eigenvalue weighted by Crippen LogP contribution is -1.97. The molecule has 140 valence electrons. The number of rotatable bonds is 6. The first-order valence-electron chi connectivity index (χ1n) is 9.10. The summed E-state index contributed by atoms with van der Waals surface area (Å²) in [5, 5.41) is 20.0. The highest BCUT2D eigenvalue weighted by Crippen LogP contribution is 2.13. The molecule has 0 fully saturated rings. The van der Waals surface area contributed by atoms with E-state index in [2.05, 4.69) is 23.7 Å². The molecule has 3 nitrogen and oxygen atoms in total. The van der Waals surface area contributed by atoms with Crippen molar-refractivity contribution >= 4 is 0 Å². The van der Waals surface area contributed by atoms with Crippen molar-refractivity contribution in [2.45, 2.75) is 38.9 Å². The molecule has 2 N–H and O–H groups in total. The van der Waals surface area contributed by atoms with E-state index in [1.165, 1.54) is 0 Å². The van der Waals surface area contributed by atoms with Crippen LogP contribution in [0.4, 0.5) is 0 Å². The van der Waals surface area contributed by atoms with Crippen LogP contribution >= 0.6 is 0 Å². The number of benzene rings is 2. The molecule has 0 radical (unpaired) electrons. The summed E-state index contributed by atoms with van der Waals surface area (Å²) in [5.74, 6) is 11.5. The molecule has 27 heavy (non-hydrogen) atoms. The van der Waals surface area contributed by atoms with Crippen molar-refractivity contribution in [3.63, 3.8) is 0 Å². The van der Waals surface area contributed by atoms with Gasteiger partial charge in [0.2, 0.25) is 0 Å². The van der Waals surface area contributed by atoms with Crippen LogP contribution in [0.5, 0.6) is 0 Å². The molecule has 2 aromatic rings. The number of aryl methyl sites for hydroxylation is 2. The summed E-state index contributed by atoms with van der Waals surface area (Å²) in [5.41, 5.74) is 3.91. The Labute approximate surface area is 162 Å². The fourth-order valence-corrected chi connectivity index (χ4v) is 2.35. The maximum atomic E-state index is 9.99. The van der Waals surface area contributed by atoms with Gasteiger partial charge in [-0.1, -0.05) is 83.3 Å². The van der Waals surface area contributed by atoms with Crippen LogP contribution < -0.4 is 0 Å². The number of ether oxygens (including phenoxy) is 1. The summed E-state index contributed by atoms with van der Waals surface area (Å²) in [6.07, 6.45) is -0.413. The highest BCUT2D eigenvalue weighted by Gasteiger charge is 2.02. The fourth-order valence-electron chi connectivity index (χ4n) is 2.35.